The smallest absolute Gasteiger partial charge is 0.225 e. The van der Waals surface area contributed by atoms with Gasteiger partial charge in [-0.1, -0.05) is 124 Å². The lowest BCUT2D eigenvalue weighted by atomic mass is 9.84. The van der Waals surface area contributed by atoms with E-state index in [-0.39, 0.29) is 34.2 Å². The molecule has 246 valence electrons. The molecule has 0 saturated carbocycles. The molecule has 1 aliphatic rings. The lowest BCUT2D eigenvalue weighted by molar-refractivity contribution is -0.116. The highest BCUT2D eigenvalue weighted by Crippen LogP contribution is 2.53. The molecule has 6 aromatic carbocycles. The number of nitrogens with one attached hydrogen (secondary N) is 1. The molecule has 49 heavy (non-hydrogen) atoms. The van der Waals surface area contributed by atoms with Gasteiger partial charge in [-0.25, -0.2) is 0 Å². The van der Waals surface area contributed by atoms with E-state index in [1.807, 2.05) is 36.4 Å². The molecule has 0 aromatic heterocycles. The number of para-hydroxylation sites is 2. The number of hydrogen-bond acceptors (Lipinski definition) is 2. The summed E-state index contributed by atoms with van der Waals surface area (Å²) in [7, 11) is -2.00. The molecule has 0 unspecified atom stereocenters. The van der Waals surface area contributed by atoms with Crippen LogP contribution in [0.2, 0.25) is 0 Å². The van der Waals surface area contributed by atoms with Crippen molar-refractivity contribution in [1.29, 1.82) is 0 Å². The molecule has 0 spiro atoms. The minimum absolute atomic E-state index is 0. The van der Waals surface area contributed by atoms with E-state index in [1.165, 1.54) is 21.5 Å². The Morgan fingerprint density at radius 2 is 1.18 bits per heavy atom. The van der Waals surface area contributed by atoms with Gasteiger partial charge in [-0.2, -0.15) is 0 Å². The Bertz CT molecular complexity index is 2000. The standard InChI is InChI=1S/C44H40NO2P.BrH/c1-44(2,3)38-28-27-31(34-21-13-16-26-42(34)48(4,32-17-7-5-8-18-32)33-19-9-6-10-20-33)29-39(38)45-43(46)30-37-35-22-11-14-24-40(35)47-41-25-15-12-23-36(37)41;/h5-29,37H,30H2,1-4H3;1H. The molecule has 1 N–H and O–H groups in total. The monoisotopic (exact) mass is 725 g/mol. The van der Waals surface area contributed by atoms with Crippen LogP contribution in [0.1, 0.15) is 49.8 Å². The second kappa shape index (κ2) is 14.2. The Balaban J connectivity index is 0.00000417. The predicted molar refractivity (Wildman–Crippen MR) is 203 cm³/mol. The molecule has 6 aromatic rings. The normalized spacial score (nSPS) is 12.6. The summed E-state index contributed by atoms with van der Waals surface area (Å²) in [6, 6.07) is 53.3. The number of amides is 1. The van der Waals surface area contributed by atoms with Crippen LogP contribution in [0.5, 0.6) is 11.5 Å². The van der Waals surface area contributed by atoms with Crippen LogP contribution >= 0.6 is 7.26 Å². The number of carbonyl (C=O) groups excluding carboxylic acids is 1. The highest BCUT2D eigenvalue weighted by molar-refractivity contribution is 7.95. The van der Waals surface area contributed by atoms with Crippen molar-refractivity contribution in [2.24, 2.45) is 0 Å². The SMILES string of the molecule is CC(C)(C)c1ccc(-c2ccccc2[P+](C)(c2ccccc2)c2ccccc2)cc1NC(=O)CC1c2ccccc2Oc2ccccc21.[Br-]. The molecule has 1 heterocycles. The lowest BCUT2D eigenvalue weighted by Gasteiger charge is -2.29. The quantitative estimate of drug-likeness (QED) is 0.183. The van der Waals surface area contributed by atoms with Crippen LogP contribution < -0.4 is 42.9 Å². The maximum Gasteiger partial charge on any atom is 0.225 e. The van der Waals surface area contributed by atoms with Crippen LogP contribution in [0.3, 0.4) is 0 Å². The second-order valence-electron chi connectivity index (χ2n) is 13.7. The van der Waals surface area contributed by atoms with Gasteiger partial charge in [-0.05, 0) is 65.1 Å². The van der Waals surface area contributed by atoms with Crippen molar-refractivity contribution in [2.75, 3.05) is 12.0 Å². The van der Waals surface area contributed by atoms with Crippen LogP contribution in [0, 0.1) is 0 Å². The number of hydrogen-bond donors (Lipinski definition) is 1. The van der Waals surface area contributed by atoms with E-state index >= 15 is 0 Å². The summed E-state index contributed by atoms with van der Waals surface area (Å²) < 4.78 is 6.21. The summed E-state index contributed by atoms with van der Waals surface area (Å²) in [5, 5.41) is 7.37. The van der Waals surface area contributed by atoms with Gasteiger partial charge >= 0.3 is 0 Å². The summed E-state index contributed by atoms with van der Waals surface area (Å²) in [5.74, 6) is 1.50. The first-order valence-corrected chi connectivity index (χ1v) is 18.8. The van der Waals surface area contributed by atoms with E-state index < -0.39 is 7.26 Å². The third-order valence-electron chi connectivity index (χ3n) is 9.54. The molecule has 7 rings (SSSR count). The largest absolute Gasteiger partial charge is 1.00 e. The first-order valence-electron chi connectivity index (χ1n) is 16.6. The third-order valence-corrected chi connectivity index (χ3v) is 13.6. The van der Waals surface area contributed by atoms with Crippen molar-refractivity contribution in [3.8, 4) is 22.6 Å². The number of halogens is 1. The Labute approximate surface area is 301 Å². The minimum atomic E-state index is -2.00. The summed E-state index contributed by atoms with van der Waals surface area (Å²) in [4.78, 5) is 14.1. The van der Waals surface area contributed by atoms with Crippen LogP contribution in [-0.4, -0.2) is 12.6 Å². The van der Waals surface area contributed by atoms with Gasteiger partial charge < -0.3 is 27.0 Å². The average molecular weight is 727 g/mol. The fourth-order valence-electron chi connectivity index (χ4n) is 7.07. The minimum Gasteiger partial charge on any atom is -1.00 e. The molecule has 0 saturated heterocycles. The van der Waals surface area contributed by atoms with Crippen molar-refractivity contribution in [2.45, 2.75) is 38.5 Å². The van der Waals surface area contributed by atoms with Gasteiger partial charge in [0.05, 0.1) is 6.66 Å². The first kappa shape index (κ1) is 34.4. The molecule has 1 amide bonds. The molecular weight excluding hydrogens is 685 g/mol. The van der Waals surface area contributed by atoms with Crippen LogP contribution in [0.4, 0.5) is 5.69 Å². The highest BCUT2D eigenvalue weighted by Gasteiger charge is 2.42. The van der Waals surface area contributed by atoms with Gasteiger partial charge in [-0.3, -0.25) is 4.79 Å². The van der Waals surface area contributed by atoms with E-state index in [4.69, 9.17) is 4.74 Å². The lowest BCUT2D eigenvalue weighted by Crippen LogP contribution is -3.00. The van der Waals surface area contributed by atoms with Gasteiger partial charge in [0, 0.05) is 34.7 Å². The molecule has 3 nitrogen and oxygen atoms in total. The second-order valence-corrected chi connectivity index (χ2v) is 17.2. The number of ether oxygens (including phenoxy) is 1. The molecule has 5 heteroatoms. The Morgan fingerprint density at radius 3 is 1.76 bits per heavy atom. The van der Waals surface area contributed by atoms with Gasteiger partial charge in [0.15, 0.2) is 0 Å². The van der Waals surface area contributed by atoms with Crippen LogP contribution in [-0.2, 0) is 10.2 Å². The van der Waals surface area contributed by atoms with Crippen LogP contribution in [0.25, 0.3) is 11.1 Å². The molecule has 0 radical (unpaired) electrons. The summed E-state index contributed by atoms with van der Waals surface area (Å²) >= 11 is 0. The number of benzene rings is 6. The van der Waals surface area contributed by atoms with Crippen molar-refractivity contribution in [3.63, 3.8) is 0 Å². The van der Waals surface area contributed by atoms with Gasteiger partial charge in [-0.15, -0.1) is 0 Å². The zero-order chi connectivity index (χ0) is 33.3. The third kappa shape index (κ3) is 6.73. The molecule has 0 atom stereocenters. The fraction of sp³-hybridized carbons (Fsp3) is 0.159. The maximum atomic E-state index is 14.1. The van der Waals surface area contributed by atoms with Gasteiger partial charge in [0.2, 0.25) is 5.91 Å². The zero-order valence-corrected chi connectivity index (χ0v) is 30.8. The summed E-state index contributed by atoms with van der Waals surface area (Å²) in [6.07, 6.45) is 0.313. The summed E-state index contributed by atoms with van der Waals surface area (Å²) in [6.45, 7) is 9.02. The van der Waals surface area contributed by atoms with Gasteiger partial charge in [0.25, 0.3) is 0 Å². The molecule has 1 aliphatic heterocycles. The van der Waals surface area contributed by atoms with Gasteiger partial charge in [0.1, 0.15) is 34.7 Å². The highest BCUT2D eigenvalue weighted by atomic mass is 79.9. The van der Waals surface area contributed by atoms with E-state index in [1.54, 1.807) is 0 Å². The topological polar surface area (TPSA) is 38.3 Å². The molecule has 0 bridgehead atoms. The van der Waals surface area contributed by atoms with E-state index in [0.29, 0.717) is 6.42 Å². The number of rotatable bonds is 7. The van der Waals surface area contributed by atoms with E-state index in [0.717, 1.165) is 39.4 Å². The Hall–Kier alpha value is -4.50. The van der Waals surface area contributed by atoms with E-state index in [2.05, 4.69) is 148 Å². The first-order chi connectivity index (χ1) is 23.2. The number of anilines is 1. The fourth-order valence-corrected chi connectivity index (χ4v) is 10.5. The van der Waals surface area contributed by atoms with Crippen molar-refractivity contribution in [3.05, 3.63) is 168 Å². The molecule has 0 fully saturated rings. The Kier molecular flexibility index (Phi) is 9.93. The van der Waals surface area contributed by atoms with Crippen molar-refractivity contribution < 1.29 is 26.5 Å². The van der Waals surface area contributed by atoms with Crippen molar-refractivity contribution in [1.82, 2.24) is 0 Å². The average Bonchev–Trinajstić information content (AvgIpc) is 3.11. The zero-order valence-electron chi connectivity index (χ0n) is 28.4. The predicted octanol–water partition coefficient (Wildman–Crippen LogP) is 6.85. The Morgan fingerprint density at radius 1 is 0.673 bits per heavy atom. The van der Waals surface area contributed by atoms with Crippen LogP contribution in [0.15, 0.2) is 152 Å². The maximum absolute atomic E-state index is 14.1. The number of fused-ring (bicyclic) bond motifs is 2. The molecular formula is C44H41BrNO2P. The van der Waals surface area contributed by atoms with Crippen molar-refractivity contribution >= 4 is 34.8 Å². The number of carbonyl (C=O) groups is 1. The van der Waals surface area contributed by atoms with E-state index in [9.17, 15) is 4.79 Å². The molecule has 0 aliphatic carbocycles. The summed E-state index contributed by atoms with van der Waals surface area (Å²) in [5.41, 5.74) is 6.14.